The van der Waals surface area contributed by atoms with Crippen molar-refractivity contribution in [2.75, 3.05) is 6.54 Å². The average Bonchev–Trinajstić information content (AvgIpc) is 2.82. The van der Waals surface area contributed by atoms with Crippen molar-refractivity contribution < 1.29 is 4.79 Å². The molecule has 0 saturated heterocycles. The van der Waals surface area contributed by atoms with Gasteiger partial charge in [-0.25, -0.2) is 0 Å². The predicted octanol–water partition coefficient (Wildman–Crippen LogP) is 0.871. The Morgan fingerprint density at radius 2 is 2.32 bits per heavy atom. The Kier molecular flexibility index (Phi) is 3.79. The fourth-order valence-electron chi connectivity index (χ4n) is 1.68. The minimum absolute atomic E-state index is 0.0492. The zero-order chi connectivity index (χ0) is 13.8. The number of carbonyl (C=O) groups is 1. The molecule has 1 amide bonds. The van der Waals surface area contributed by atoms with E-state index in [1.165, 1.54) is 6.07 Å². The van der Waals surface area contributed by atoms with Crippen LogP contribution >= 0.6 is 0 Å². The van der Waals surface area contributed by atoms with Crippen molar-refractivity contribution in [1.82, 2.24) is 20.1 Å². The summed E-state index contributed by atoms with van der Waals surface area (Å²) in [4.78, 5) is 25.4. The molecule has 0 spiro atoms. The number of nitrogens with zero attached hydrogens (tertiary/aromatic N) is 2. The minimum atomic E-state index is -0.298. The second-order valence-electron chi connectivity index (χ2n) is 4.49. The number of rotatable bonds is 4. The van der Waals surface area contributed by atoms with Crippen molar-refractivity contribution in [2.45, 2.75) is 19.9 Å². The summed E-state index contributed by atoms with van der Waals surface area (Å²) in [5.74, 6) is -0.298. The van der Waals surface area contributed by atoms with E-state index in [2.05, 4.69) is 15.4 Å². The first-order chi connectivity index (χ1) is 9.06. The Bertz CT molecular complexity index is 629. The summed E-state index contributed by atoms with van der Waals surface area (Å²) in [7, 11) is 0. The second kappa shape index (κ2) is 5.51. The number of aromatic amines is 1. The van der Waals surface area contributed by atoms with Gasteiger partial charge in [0.15, 0.2) is 0 Å². The minimum Gasteiger partial charge on any atom is -0.349 e. The van der Waals surface area contributed by atoms with E-state index >= 15 is 0 Å². The quantitative estimate of drug-likeness (QED) is 0.856. The van der Waals surface area contributed by atoms with Crippen molar-refractivity contribution in [3.63, 3.8) is 0 Å². The van der Waals surface area contributed by atoms with Gasteiger partial charge in [0.25, 0.3) is 5.91 Å². The Hall–Kier alpha value is -2.37. The first-order valence-corrected chi connectivity index (χ1v) is 6.04. The SMILES string of the molecule is Cc1cnn(C(C)CNC(=O)c2cccc(=O)[nH]2)c1. The van der Waals surface area contributed by atoms with Crippen LogP contribution in [0.25, 0.3) is 0 Å². The molecule has 1 unspecified atom stereocenters. The first-order valence-electron chi connectivity index (χ1n) is 6.04. The molecule has 6 nitrogen and oxygen atoms in total. The normalized spacial score (nSPS) is 12.1. The van der Waals surface area contributed by atoms with Gasteiger partial charge in [-0.05, 0) is 25.5 Å². The third-order valence-corrected chi connectivity index (χ3v) is 2.75. The number of H-pyrrole nitrogens is 1. The number of pyridine rings is 1. The fraction of sp³-hybridized carbons (Fsp3) is 0.308. The van der Waals surface area contributed by atoms with E-state index in [1.807, 2.05) is 20.0 Å². The van der Waals surface area contributed by atoms with Crippen molar-refractivity contribution in [1.29, 1.82) is 0 Å². The van der Waals surface area contributed by atoms with Crippen LogP contribution in [0.3, 0.4) is 0 Å². The van der Waals surface area contributed by atoms with Gasteiger partial charge in [-0.15, -0.1) is 0 Å². The number of amides is 1. The Balaban J connectivity index is 1.95. The molecule has 19 heavy (non-hydrogen) atoms. The van der Waals surface area contributed by atoms with Crippen LogP contribution in [0.1, 0.15) is 29.0 Å². The topological polar surface area (TPSA) is 79.8 Å². The third-order valence-electron chi connectivity index (χ3n) is 2.75. The highest BCUT2D eigenvalue weighted by molar-refractivity contribution is 5.92. The average molecular weight is 260 g/mol. The van der Waals surface area contributed by atoms with Gasteiger partial charge in [0.2, 0.25) is 5.56 Å². The summed E-state index contributed by atoms with van der Waals surface area (Å²) in [6, 6.07) is 4.53. The molecule has 2 N–H and O–H groups in total. The van der Waals surface area contributed by atoms with Crippen molar-refractivity contribution >= 4 is 5.91 Å². The van der Waals surface area contributed by atoms with Crippen LogP contribution in [0.5, 0.6) is 0 Å². The molecule has 0 aliphatic heterocycles. The van der Waals surface area contributed by atoms with E-state index in [4.69, 9.17) is 0 Å². The molecular formula is C13H16N4O2. The molecule has 6 heteroatoms. The van der Waals surface area contributed by atoms with Gasteiger partial charge in [-0.2, -0.15) is 5.10 Å². The Morgan fingerprint density at radius 1 is 1.53 bits per heavy atom. The third kappa shape index (κ3) is 3.31. The molecule has 1 atom stereocenters. The van der Waals surface area contributed by atoms with Crippen molar-refractivity contribution in [3.05, 3.63) is 52.2 Å². The Morgan fingerprint density at radius 3 is 2.95 bits per heavy atom. The van der Waals surface area contributed by atoms with E-state index in [0.29, 0.717) is 6.54 Å². The van der Waals surface area contributed by atoms with Crippen molar-refractivity contribution in [3.8, 4) is 0 Å². The molecule has 0 aliphatic carbocycles. The highest BCUT2D eigenvalue weighted by atomic mass is 16.2. The summed E-state index contributed by atoms with van der Waals surface area (Å²) in [5.41, 5.74) is 1.05. The second-order valence-corrected chi connectivity index (χ2v) is 4.49. The number of aryl methyl sites for hydroxylation is 1. The molecule has 2 aromatic rings. The standard InChI is InChI=1S/C13H16N4O2/c1-9-6-15-17(8-9)10(2)7-14-13(19)11-4-3-5-12(18)16-11/h3-6,8,10H,7H2,1-2H3,(H,14,19)(H,16,18). The van der Waals surface area contributed by atoms with Crippen LogP contribution in [0, 0.1) is 6.92 Å². The van der Waals surface area contributed by atoms with E-state index in [1.54, 1.807) is 23.0 Å². The maximum absolute atomic E-state index is 11.8. The summed E-state index contributed by atoms with van der Waals surface area (Å²) in [6.45, 7) is 4.36. The molecule has 2 heterocycles. The van der Waals surface area contributed by atoms with E-state index in [9.17, 15) is 9.59 Å². The lowest BCUT2D eigenvalue weighted by Gasteiger charge is -2.13. The molecule has 100 valence electrons. The Labute approximate surface area is 110 Å². The molecule has 0 radical (unpaired) electrons. The van der Waals surface area contributed by atoms with Crippen LogP contribution in [-0.2, 0) is 0 Å². The predicted molar refractivity (Wildman–Crippen MR) is 71.1 cm³/mol. The van der Waals surface area contributed by atoms with E-state index in [-0.39, 0.29) is 23.2 Å². The summed E-state index contributed by atoms with van der Waals surface area (Å²) in [6.07, 6.45) is 3.69. The molecule has 0 fully saturated rings. The zero-order valence-electron chi connectivity index (χ0n) is 10.9. The molecule has 2 aromatic heterocycles. The maximum Gasteiger partial charge on any atom is 0.267 e. The summed E-state index contributed by atoms with van der Waals surface area (Å²) >= 11 is 0. The first kappa shape index (κ1) is 13.1. The largest absolute Gasteiger partial charge is 0.349 e. The number of nitrogens with one attached hydrogen (secondary N) is 2. The van der Waals surface area contributed by atoms with Gasteiger partial charge in [-0.3, -0.25) is 14.3 Å². The summed E-state index contributed by atoms with van der Waals surface area (Å²) < 4.78 is 1.79. The number of hydrogen-bond donors (Lipinski definition) is 2. The summed E-state index contributed by atoms with van der Waals surface area (Å²) in [5, 5.41) is 6.95. The molecule has 0 saturated carbocycles. The van der Waals surface area contributed by atoms with E-state index < -0.39 is 0 Å². The van der Waals surface area contributed by atoms with Crippen LogP contribution < -0.4 is 10.9 Å². The smallest absolute Gasteiger partial charge is 0.267 e. The number of aromatic nitrogens is 3. The van der Waals surface area contributed by atoms with Crippen LogP contribution in [-0.4, -0.2) is 27.2 Å². The van der Waals surface area contributed by atoms with Gasteiger partial charge in [-0.1, -0.05) is 6.07 Å². The fourth-order valence-corrected chi connectivity index (χ4v) is 1.68. The zero-order valence-corrected chi connectivity index (χ0v) is 10.9. The lowest BCUT2D eigenvalue weighted by molar-refractivity contribution is 0.0942. The van der Waals surface area contributed by atoms with Gasteiger partial charge >= 0.3 is 0 Å². The molecule has 2 rings (SSSR count). The van der Waals surface area contributed by atoms with Gasteiger partial charge in [0, 0.05) is 18.8 Å². The van der Waals surface area contributed by atoms with Crippen LogP contribution in [0.4, 0.5) is 0 Å². The van der Waals surface area contributed by atoms with Gasteiger partial charge in [0.05, 0.1) is 12.2 Å². The van der Waals surface area contributed by atoms with E-state index in [0.717, 1.165) is 5.56 Å². The lowest BCUT2D eigenvalue weighted by Crippen LogP contribution is -2.31. The highest BCUT2D eigenvalue weighted by Gasteiger charge is 2.10. The highest BCUT2D eigenvalue weighted by Crippen LogP contribution is 2.04. The molecule has 0 bridgehead atoms. The van der Waals surface area contributed by atoms with Gasteiger partial charge < -0.3 is 10.3 Å². The molecule has 0 aromatic carbocycles. The number of carbonyl (C=O) groups excluding carboxylic acids is 1. The molecular weight excluding hydrogens is 244 g/mol. The van der Waals surface area contributed by atoms with Crippen LogP contribution in [0.15, 0.2) is 35.4 Å². The molecule has 0 aliphatic rings. The van der Waals surface area contributed by atoms with Crippen molar-refractivity contribution in [2.24, 2.45) is 0 Å². The van der Waals surface area contributed by atoms with Gasteiger partial charge in [0.1, 0.15) is 5.69 Å². The number of hydrogen-bond acceptors (Lipinski definition) is 3. The monoisotopic (exact) mass is 260 g/mol. The lowest BCUT2D eigenvalue weighted by atomic mass is 10.3. The van der Waals surface area contributed by atoms with Crippen LogP contribution in [0.2, 0.25) is 0 Å². The maximum atomic E-state index is 11.8.